The smallest absolute Gasteiger partial charge is 0.251 e. The van der Waals surface area contributed by atoms with E-state index in [-0.39, 0.29) is 25.3 Å². The molecule has 0 aliphatic carbocycles. The number of carbonyl (C=O) groups is 1. The van der Waals surface area contributed by atoms with Gasteiger partial charge in [-0.25, -0.2) is 4.98 Å². The Morgan fingerprint density at radius 1 is 1.06 bits per heavy atom. The van der Waals surface area contributed by atoms with Crippen molar-refractivity contribution in [1.29, 1.82) is 0 Å². The molecular formula is C27H27N3O5. The number of imidazole rings is 1. The average Bonchev–Trinajstić information content (AvgIpc) is 3.46. The predicted molar refractivity (Wildman–Crippen MR) is 131 cm³/mol. The van der Waals surface area contributed by atoms with Crippen molar-refractivity contribution >= 4 is 16.9 Å². The fourth-order valence-electron chi connectivity index (χ4n) is 4.06. The lowest BCUT2D eigenvalue weighted by Crippen LogP contribution is -2.29. The van der Waals surface area contributed by atoms with Gasteiger partial charge in [-0.05, 0) is 61.9 Å². The Labute approximate surface area is 203 Å². The molecule has 1 aliphatic rings. The number of methoxy groups -OCH3 is 1. The first-order valence-electron chi connectivity index (χ1n) is 11.5. The van der Waals surface area contributed by atoms with Crippen LogP contribution in [-0.2, 0) is 13.2 Å². The van der Waals surface area contributed by atoms with E-state index in [2.05, 4.69) is 9.88 Å². The molecule has 1 aliphatic heterocycles. The Bertz CT molecular complexity index is 1380. The molecule has 0 spiro atoms. The van der Waals surface area contributed by atoms with Crippen LogP contribution in [0.15, 0.2) is 60.7 Å². The Morgan fingerprint density at radius 3 is 2.66 bits per heavy atom. The number of hydrogen-bond acceptors (Lipinski definition) is 6. The second-order valence-electron chi connectivity index (χ2n) is 8.57. The number of fused-ring (bicyclic) bond motifs is 2. The van der Waals surface area contributed by atoms with Gasteiger partial charge in [0, 0.05) is 18.2 Å². The predicted octanol–water partition coefficient (Wildman–Crippen LogP) is 4.54. The molecule has 1 N–H and O–H groups in total. The van der Waals surface area contributed by atoms with Crippen LogP contribution in [0.5, 0.6) is 23.0 Å². The average molecular weight is 474 g/mol. The van der Waals surface area contributed by atoms with Crippen molar-refractivity contribution in [2.75, 3.05) is 13.9 Å². The molecule has 8 nitrogen and oxygen atoms in total. The molecule has 180 valence electrons. The lowest BCUT2D eigenvalue weighted by atomic mass is 10.1. The number of para-hydroxylation sites is 2. The summed E-state index contributed by atoms with van der Waals surface area (Å²) in [5.74, 6) is 3.35. The van der Waals surface area contributed by atoms with Crippen molar-refractivity contribution in [3.05, 3.63) is 77.6 Å². The van der Waals surface area contributed by atoms with Crippen LogP contribution in [0.25, 0.3) is 11.0 Å². The number of hydrogen-bond donors (Lipinski definition) is 1. The number of ether oxygens (including phenoxy) is 4. The van der Waals surface area contributed by atoms with Crippen LogP contribution < -0.4 is 24.3 Å². The SMILES string of the molecule is COc1ccccc1OCc1nc2cc(C(=O)NC(C)C)ccc2n1Cc1ccc2c(c1)OCO2. The van der Waals surface area contributed by atoms with Crippen LogP contribution >= 0.6 is 0 Å². The molecular weight excluding hydrogens is 446 g/mol. The van der Waals surface area contributed by atoms with Crippen LogP contribution in [0.3, 0.4) is 0 Å². The molecule has 5 rings (SSSR count). The lowest BCUT2D eigenvalue weighted by molar-refractivity contribution is 0.0943. The summed E-state index contributed by atoms with van der Waals surface area (Å²) in [5, 5.41) is 2.93. The number of nitrogens with zero attached hydrogens (tertiary/aromatic N) is 2. The molecule has 0 saturated carbocycles. The molecule has 8 heteroatoms. The van der Waals surface area contributed by atoms with Gasteiger partial charge >= 0.3 is 0 Å². The molecule has 0 unspecified atom stereocenters. The van der Waals surface area contributed by atoms with Crippen molar-refractivity contribution in [2.45, 2.75) is 33.0 Å². The van der Waals surface area contributed by atoms with Crippen molar-refractivity contribution in [3.8, 4) is 23.0 Å². The number of benzene rings is 3. The summed E-state index contributed by atoms with van der Waals surface area (Å²) in [6.45, 7) is 4.88. The number of aromatic nitrogens is 2. The van der Waals surface area contributed by atoms with Gasteiger partial charge in [0.05, 0.1) is 18.1 Å². The van der Waals surface area contributed by atoms with E-state index in [1.165, 1.54) is 0 Å². The Hall–Kier alpha value is -4.20. The van der Waals surface area contributed by atoms with Gasteiger partial charge in [0.2, 0.25) is 6.79 Å². The van der Waals surface area contributed by atoms with Crippen LogP contribution in [0.4, 0.5) is 0 Å². The third-order valence-electron chi connectivity index (χ3n) is 5.71. The Kier molecular flexibility index (Phi) is 6.18. The van der Waals surface area contributed by atoms with E-state index in [1.807, 2.05) is 74.5 Å². The van der Waals surface area contributed by atoms with Gasteiger partial charge in [0.15, 0.2) is 23.0 Å². The summed E-state index contributed by atoms with van der Waals surface area (Å²) in [4.78, 5) is 17.4. The van der Waals surface area contributed by atoms with Gasteiger partial charge in [-0.2, -0.15) is 0 Å². The van der Waals surface area contributed by atoms with Crippen LogP contribution in [0.2, 0.25) is 0 Å². The van der Waals surface area contributed by atoms with Crippen molar-refractivity contribution < 1.29 is 23.7 Å². The summed E-state index contributed by atoms with van der Waals surface area (Å²) in [7, 11) is 1.61. The Morgan fingerprint density at radius 2 is 1.86 bits per heavy atom. The monoisotopic (exact) mass is 473 g/mol. The van der Waals surface area contributed by atoms with Gasteiger partial charge in [0.25, 0.3) is 5.91 Å². The van der Waals surface area contributed by atoms with Crippen LogP contribution in [0.1, 0.15) is 35.6 Å². The van der Waals surface area contributed by atoms with Gasteiger partial charge in [0.1, 0.15) is 12.4 Å². The molecule has 4 aromatic rings. The summed E-state index contributed by atoms with van der Waals surface area (Å²) >= 11 is 0. The van der Waals surface area contributed by atoms with E-state index in [0.717, 1.165) is 33.9 Å². The molecule has 0 atom stereocenters. The van der Waals surface area contributed by atoms with E-state index in [0.29, 0.717) is 23.6 Å². The molecule has 0 bridgehead atoms. The molecule has 2 heterocycles. The maximum Gasteiger partial charge on any atom is 0.251 e. The summed E-state index contributed by atoms with van der Waals surface area (Å²) in [6.07, 6.45) is 0. The minimum atomic E-state index is -0.126. The van der Waals surface area contributed by atoms with Gasteiger partial charge < -0.3 is 28.8 Å². The molecule has 1 aromatic heterocycles. The third kappa shape index (κ3) is 4.73. The maximum atomic E-state index is 12.6. The van der Waals surface area contributed by atoms with Crippen molar-refractivity contribution in [3.63, 3.8) is 0 Å². The summed E-state index contributed by atoms with van der Waals surface area (Å²) in [5.41, 5.74) is 3.23. The van der Waals surface area contributed by atoms with E-state index in [9.17, 15) is 4.79 Å². The first-order valence-corrected chi connectivity index (χ1v) is 11.5. The fourth-order valence-corrected chi connectivity index (χ4v) is 4.06. The maximum absolute atomic E-state index is 12.6. The van der Waals surface area contributed by atoms with Gasteiger partial charge in [-0.3, -0.25) is 4.79 Å². The minimum Gasteiger partial charge on any atom is -0.493 e. The number of carbonyl (C=O) groups excluding carboxylic acids is 1. The number of rotatable bonds is 8. The zero-order valence-electron chi connectivity index (χ0n) is 19.9. The largest absolute Gasteiger partial charge is 0.493 e. The highest BCUT2D eigenvalue weighted by atomic mass is 16.7. The first kappa shape index (κ1) is 22.6. The van der Waals surface area contributed by atoms with Crippen molar-refractivity contribution in [2.24, 2.45) is 0 Å². The molecule has 1 amide bonds. The molecule has 0 fully saturated rings. The van der Waals surface area contributed by atoms with Crippen LogP contribution in [-0.4, -0.2) is 35.4 Å². The zero-order valence-corrected chi connectivity index (χ0v) is 19.9. The van der Waals surface area contributed by atoms with E-state index in [1.54, 1.807) is 7.11 Å². The van der Waals surface area contributed by atoms with Gasteiger partial charge in [-0.15, -0.1) is 0 Å². The second-order valence-corrected chi connectivity index (χ2v) is 8.57. The number of nitrogens with one attached hydrogen (secondary N) is 1. The molecule has 0 saturated heterocycles. The topological polar surface area (TPSA) is 83.8 Å². The summed E-state index contributed by atoms with van der Waals surface area (Å²) < 4.78 is 24.6. The minimum absolute atomic E-state index is 0.0478. The molecule has 0 radical (unpaired) electrons. The van der Waals surface area contributed by atoms with Gasteiger partial charge in [-0.1, -0.05) is 18.2 Å². The second kappa shape index (κ2) is 9.58. The van der Waals surface area contributed by atoms with E-state index < -0.39 is 0 Å². The number of amides is 1. The molecule has 35 heavy (non-hydrogen) atoms. The van der Waals surface area contributed by atoms with E-state index >= 15 is 0 Å². The standard InChI is InChI=1S/C27H27N3O5/c1-17(2)28-27(31)19-9-10-21-20(13-19)29-26(15-33-23-7-5-4-6-22(23)32-3)30(21)14-18-8-11-24-25(12-18)35-16-34-24/h4-13,17H,14-16H2,1-3H3,(H,28,31). The highest BCUT2D eigenvalue weighted by molar-refractivity contribution is 5.97. The zero-order chi connectivity index (χ0) is 24.4. The first-order chi connectivity index (χ1) is 17.0. The van der Waals surface area contributed by atoms with E-state index in [4.69, 9.17) is 23.9 Å². The fraction of sp³-hybridized carbons (Fsp3) is 0.259. The highest BCUT2D eigenvalue weighted by Gasteiger charge is 2.18. The quantitative estimate of drug-likeness (QED) is 0.405. The Balaban J connectivity index is 1.50. The third-order valence-corrected chi connectivity index (χ3v) is 5.71. The highest BCUT2D eigenvalue weighted by Crippen LogP contribution is 2.33. The normalized spacial score (nSPS) is 12.2. The lowest BCUT2D eigenvalue weighted by Gasteiger charge is -2.13. The summed E-state index contributed by atoms with van der Waals surface area (Å²) in [6, 6.07) is 19.0. The van der Waals surface area contributed by atoms with Crippen LogP contribution in [0, 0.1) is 0 Å². The molecule has 3 aromatic carbocycles. The van der Waals surface area contributed by atoms with Crippen molar-refractivity contribution in [1.82, 2.24) is 14.9 Å².